The highest BCUT2D eigenvalue weighted by Crippen LogP contribution is 2.27. The molecule has 1 atom stereocenters. The summed E-state index contributed by atoms with van der Waals surface area (Å²) in [5, 5.41) is 3.88. The summed E-state index contributed by atoms with van der Waals surface area (Å²) in [6, 6.07) is 7.68. The Kier molecular flexibility index (Phi) is 1.96. The molecule has 2 heterocycles. The highest BCUT2D eigenvalue weighted by atomic mass is 16.7. The lowest BCUT2D eigenvalue weighted by Crippen LogP contribution is -2.35. The molecule has 0 aliphatic carbocycles. The predicted molar refractivity (Wildman–Crippen MR) is 58.9 cm³/mol. The first-order valence-electron chi connectivity index (χ1n) is 5.34. The van der Waals surface area contributed by atoms with E-state index in [0.29, 0.717) is 13.0 Å². The second-order valence-corrected chi connectivity index (χ2v) is 4.18. The topological polar surface area (TPSA) is 41.9 Å². The van der Waals surface area contributed by atoms with Crippen molar-refractivity contribution in [2.24, 2.45) is 5.16 Å². The third-order valence-electron chi connectivity index (χ3n) is 3.00. The maximum atomic E-state index is 12.1. The van der Waals surface area contributed by atoms with Gasteiger partial charge >= 0.3 is 0 Å². The number of carbonyl (C=O) groups excluding carboxylic acids is 1. The number of rotatable bonds is 1. The summed E-state index contributed by atoms with van der Waals surface area (Å²) >= 11 is 0. The maximum Gasteiger partial charge on any atom is 0.257 e. The van der Waals surface area contributed by atoms with Crippen LogP contribution in [0.4, 0.5) is 0 Å². The van der Waals surface area contributed by atoms with Crippen LogP contribution >= 0.6 is 0 Å². The van der Waals surface area contributed by atoms with E-state index in [4.69, 9.17) is 4.84 Å². The lowest BCUT2D eigenvalue weighted by molar-refractivity contribution is -0.0249. The minimum absolute atomic E-state index is 0.0468. The largest absolute Gasteiger partial charge is 0.370 e. The van der Waals surface area contributed by atoms with Crippen LogP contribution in [0.2, 0.25) is 0 Å². The number of amides is 1. The molecule has 0 radical (unpaired) electrons. The number of nitrogens with zero attached hydrogens (tertiary/aromatic N) is 2. The first-order chi connectivity index (χ1) is 7.75. The van der Waals surface area contributed by atoms with E-state index >= 15 is 0 Å². The summed E-state index contributed by atoms with van der Waals surface area (Å²) in [6.45, 7) is 2.54. The van der Waals surface area contributed by atoms with Crippen molar-refractivity contribution < 1.29 is 9.63 Å². The third kappa shape index (κ3) is 1.30. The molecule has 1 aromatic carbocycles. The monoisotopic (exact) mass is 216 g/mol. The van der Waals surface area contributed by atoms with Gasteiger partial charge in [-0.15, -0.1) is 0 Å². The Hall–Kier alpha value is -1.84. The van der Waals surface area contributed by atoms with Gasteiger partial charge in [0.05, 0.1) is 12.3 Å². The minimum atomic E-state index is -0.222. The quantitative estimate of drug-likeness (QED) is 0.717. The minimum Gasteiger partial charge on any atom is -0.370 e. The zero-order valence-electron chi connectivity index (χ0n) is 9.01. The Morgan fingerprint density at radius 1 is 1.44 bits per heavy atom. The number of hydrogen-bond acceptors (Lipinski definition) is 3. The molecule has 1 unspecified atom stereocenters. The van der Waals surface area contributed by atoms with Crippen LogP contribution in [-0.4, -0.2) is 22.7 Å². The molecule has 16 heavy (non-hydrogen) atoms. The van der Waals surface area contributed by atoms with Gasteiger partial charge in [0.1, 0.15) is 0 Å². The number of benzene rings is 1. The molecular weight excluding hydrogens is 204 g/mol. The van der Waals surface area contributed by atoms with E-state index < -0.39 is 0 Å². The molecule has 1 aromatic rings. The van der Waals surface area contributed by atoms with Crippen LogP contribution in [0.5, 0.6) is 0 Å². The predicted octanol–water partition coefficient (Wildman–Crippen LogP) is 1.76. The molecule has 3 rings (SSSR count). The van der Waals surface area contributed by atoms with Gasteiger partial charge in [-0.3, -0.25) is 9.69 Å². The van der Waals surface area contributed by atoms with E-state index in [1.807, 2.05) is 31.2 Å². The number of oxime groups is 1. The fraction of sp³-hybridized carbons (Fsp3) is 0.333. The summed E-state index contributed by atoms with van der Waals surface area (Å²) in [7, 11) is 0. The average molecular weight is 216 g/mol. The average Bonchev–Trinajstić information content (AvgIpc) is 2.84. The Labute approximate surface area is 93.5 Å². The molecule has 0 saturated heterocycles. The second-order valence-electron chi connectivity index (χ2n) is 4.18. The maximum absolute atomic E-state index is 12.1. The van der Waals surface area contributed by atoms with Crippen molar-refractivity contribution in [2.45, 2.75) is 26.1 Å². The van der Waals surface area contributed by atoms with E-state index in [9.17, 15) is 4.79 Å². The van der Waals surface area contributed by atoms with Crippen LogP contribution in [0.3, 0.4) is 0 Å². The SMILES string of the molecule is CC1=NOC(N2Cc3ccccc3C2=O)C1. The smallest absolute Gasteiger partial charge is 0.257 e. The van der Waals surface area contributed by atoms with Crippen molar-refractivity contribution in [1.29, 1.82) is 0 Å². The molecule has 0 N–H and O–H groups in total. The van der Waals surface area contributed by atoms with Crippen molar-refractivity contribution >= 4 is 11.6 Å². The van der Waals surface area contributed by atoms with E-state index in [1.165, 1.54) is 0 Å². The van der Waals surface area contributed by atoms with Gasteiger partial charge in [0.15, 0.2) is 0 Å². The molecule has 0 spiro atoms. The Balaban J connectivity index is 1.85. The summed E-state index contributed by atoms with van der Waals surface area (Å²) in [4.78, 5) is 19.1. The molecular formula is C12H12N2O2. The van der Waals surface area contributed by atoms with Crippen molar-refractivity contribution in [2.75, 3.05) is 0 Å². The molecule has 0 aromatic heterocycles. The number of hydrogen-bond donors (Lipinski definition) is 0. The van der Waals surface area contributed by atoms with Gasteiger partial charge < -0.3 is 4.84 Å². The van der Waals surface area contributed by atoms with Crippen molar-refractivity contribution in [3.05, 3.63) is 35.4 Å². The van der Waals surface area contributed by atoms with Gasteiger partial charge in [0.25, 0.3) is 5.91 Å². The van der Waals surface area contributed by atoms with Crippen molar-refractivity contribution in [1.82, 2.24) is 4.90 Å². The second kappa shape index (κ2) is 3.33. The molecule has 2 aliphatic heterocycles. The number of carbonyl (C=O) groups is 1. The molecule has 4 heteroatoms. The van der Waals surface area contributed by atoms with Gasteiger partial charge in [-0.05, 0) is 18.6 Å². The zero-order chi connectivity index (χ0) is 11.1. The first kappa shape index (κ1) is 9.39. The van der Waals surface area contributed by atoms with E-state index in [1.54, 1.807) is 4.90 Å². The highest BCUT2D eigenvalue weighted by Gasteiger charge is 2.35. The van der Waals surface area contributed by atoms with Crippen LogP contribution in [0.1, 0.15) is 29.3 Å². The van der Waals surface area contributed by atoms with E-state index in [0.717, 1.165) is 16.8 Å². The zero-order valence-corrected chi connectivity index (χ0v) is 9.01. The molecule has 2 aliphatic rings. The summed E-state index contributed by atoms with van der Waals surface area (Å²) in [6.07, 6.45) is 0.486. The summed E-state index contributed by atoms with van der Waals surface area (Å²) < 4.78 is 0. The standard InChI is InChI=1S/C12H12N2O2/c1-8-6-11(16-13-8)14-7-9-4-2-3-5-10(9)12(14)15/h2-5,11H,6-7H2,1H3. The van der Waals surface area contributed by atoms with Gasteiger partial charge in [-0.1, -0.05) is 23.4 Å². The molecule has 1 amide bonds. The molecule has 0 saturated carbocycles. The van der Waals surface area contributed by atoms with Crippen LogP contribution in [0, 0.1) is 0 Å². The van der Waals surface area contributed by atoms with Crippen LogP contribution in [0.15, 0.2) is 29.4 Å². The Bertz CT molecular complexity index is 482. The fourth-order valence-electron chi connectivity index (χ4n) is 2.15. The lowest BCUT2D eigenvalue weighted by atomic mass is 10.1. The van der Waals surface area contributed by atoms with Crippen molar-refractivity contribution in [3.63, 3.8) is 0 Å². The Morgan fingerprint density at radius 3 is 2.94 bits per heavy atom. The number of fused-ring (bicyclic) bond motifs is 1. The molecule has 82 valence electrons. The van der Waals surface area contributed by atoms with Crippen LogP contribution in [-0.2, 0) is 11.4 Å². The Morgan fingerprint density at radius 2 is 2.25 bits per heavy atom. The van der Waals surface area contributed by atoms with E-state index in [-0.39, 0.29) is 12.1 Å². The molecule has 0 bridgehead atoms. The van der Waals surface area contributed by atoms with E-state index in [2.05, 4.69) is 5.16 Å². The van der Waals surface area contributed by atoms with Crippen LogP contribution < -0.4 is 0 Å². The molecule has 0 fully saturated rings. The van der Waals surface area contributed by atoms with Gasteiger partial charge in [-0.25, -0.2) is 0 Å². The third-order valence-corrected chi connectivity index (χ3v) is 3.00. The van der Waals surface area contributed by atoms with Gasteiger partial charge in [-0.2, -0.15) is 0 Å². The normalized spacial score (nSPS) is 23.1. The summed E-state index contributed by atoms with van der Waals surface area (Å²) in [5.41, 5.74) is 2.80. The summed E-state index contributed by atoms with van der Waals surface area (Å²) in [5.74, 6) is 0.0468. The van der Waals surface area contributed by atoms with Gasteiger partial charge in [0.2, 0.25) is 6.23 Å². The molecule has 4 nitrogen and oxygen atoms in total. The first-order valence-corrected chi connectivity index (χ1v) is 5.34. The van der Waals surface area contributed by atoms with Crippen LogP contribution in [0.25, 0.3) is 0 Å². The highest BCUT2D eigenvalue weighted by molar-refractivity contribution is 5.98. The van der Waals surface area contributed by atoms with Crippen molar-refractivity contribution in [3.8, 4) is 0 Å². The fourth-order valence-corrected chi connectivity index (χ4v) is 2.15. The lowest BCUT2D eigenvalue weighted by Gasteiger charge is -2.20. The van der Waals surface area contributed by atoms with Gasteiger partial charge in [0, 0.05) is 12.0 Å².